The molecule has 2 aromatic carbocycles. The fourth-order valence-electron chi connectivity index (χ4n) is 2.64. The third-order valence-corrected chi connectivity index (χ3v) is 6.35. The Kier molecular flexibility index (Phi) is 8.73. The van der Waals surface area contributed by atoms with E-state index in [0.717, 1.165) is 22.1 Å². The molecule has 0 aliphatic rings. The van der Waals surface area contributed by atoms with E-state index in [0.29, 0.717) is 17.8 Å². The smallest absolute Gasteiger partial charge is 0.253 e. The van der Waals surface area contributed by atoms with Crippen molar-refractivity contribution in [2.24, 2.45) is 0 Å². The molecule has 0 aliphatic carbocycles. The number of benzene rings is 2. The maximum absolute atomic E-state index is 12.3. The molecule has 0 saturated carbocycles. The van der Waals surface area contributed by atoms with Crippen LogP contribution in [0.1, 0.15) is 15.9 Å². The van der Waals surface area contributed by atoms with Crippen molar-refractivity contribution in [3.63, 3.8) is 0 Å². The average molecular weight is 450 g/mol. The highest BCUT2D eigenvalue weighted by molar-refractivity contribution is 7.98. The monoisotopic (exact) mass is 449 g/mol. The van der Waals surface area contributed by atoms with Gasteiger partial charge >= 0.3 is 0 Å². The molecule has 2 amide bonds. The molecule has 0 spiro atoms. The summed E-state index contributed by atoms with van der Waals surface area (Å²) in [6.07, 6.45) is 1.05. The van der Waals surface area contributed by atoms with Crippen molar-refractivity contribution in [1.82, 2.24) is 10.2 Å². The third-order valence-electron chi connectivity index (χ3n) is 4.18. The Labute approximate surface area is 182 Å². The second kappa shape index (κ2) is 11.0. The van der Waals surface area contributed by atoms with Crippen LogP contribution < -0.4 is 9.62 Å². The quantitative estimate of drug-likeness (QED) is 0.562. The van der Waals surface area contributed by atoms with Gasteiger partial charge in [-0.2, -0.15) is 11.8 Å². The molecule has 0 saturated heterocycles. The Balaban J connectivity index is 1.90. The van der Waals surface area contributed by atoms with Crippen molar-refractivity contribution < 1.29 is 18.0 Å². The highest BCUT2D eigenvalue weighted by Gasteiger charge is 2.21. The molecular formula is C21H27N3O4S2. The predicted molar refractivity (Wildman–Crippen MR) is 122 cm³/mol. The number of sulfonamides is 1. The van der Waals surface area contributed by atoms with Crippen molar-refractivity contribution in [3.8, 4) is 0 Å². The lowest BCUT2D eigenvalue weighted by atomic mass is 10.2. The lowest BCUT2D eigenvalue weighted by molar-refractivity contribution is -0.119. The van der Waals surface area contributed by atoms with Gasteiger partial charge in [0.25, 0.3) is 5.91 Å². The number of hydrogen-bond acceptors (Lipinski definition) is 5. The molecule has 162 valence electrons. The zero-order valence-electron chi connectivity index (χ0n) is 17.4. The average Bonchev–Trinajstić information content (AvgIpc) is 2.71. The first-order valence-electron chi connectivity index (χ1n) is 9.36. The van der Waals surface area contributed by atoms with Gasteiger partial charge in [-0.25, -0.2) is 8.42 Å². The van der Waals surface area contributed by atoms with Gasteiger partial charge in [-0.1, -0.05) is 30.3 Å². The molecule has 0 bridgehead atoms. The normalized spacial score (nSPS) is 11.0. The molecule has 30 heavy (non-hydrogen) atoms. The van der Waals surface area contributed by atoms with Gasteiger partial charge in [0, 0.05) is 37.7 Å². The zero-order valence-corrected chi connectivity index (χ0v) is 19.0. The topological polar surface area (TPSA) is 86.8 Å². The zero-order chi connectivity index (χ0) is 22.1. The SMILES string of the molecule is CN(C)C(=O)c1ccc(N(CC(=O)NCCSCc2ccccc2)S(C)(=O)=O)cc1. The predicted octanol–water partition coefficient (Wildman–Crippen LogP) is 2.20. The Bertz CT molecular complexity index is 946. The Hall–Kier alpha value is -2.52. The largest absolute Gasteiger partial charge is 0.354 e. The van der Waals surface area contributed by atoms with Crippen molar-refractivity contribution in [3.05, 3.63) is 65.7 Å². The van der Waals surface area contributed by atoms with E-state index in [2.05, 4.69) is 5.32 Å². The summed E-state index contributed by atoms with van der Waals surface area (Å²) < 4.78 is 25.4. The summed E-state index contributed by atoms with van der Waals surface area (Å²) >= 11 is 1.69. The maximum atomic E-state index is 12.3. The molecule has 9 heteroatoms. The summed E-state index contributed by atoms with van der Waals surface area (Å²) in [5.41, 5.74) is 1.99. The molecule has 2 aromatic rings. The lowest BCUT2D eigenvalue weighted by Gasteiger charge is -2.22. The van der Waals surface area contributed by atoms with Crippen LogP contribution in [0.5, 0.6) is 0 Å². The van der Waals surface area contributed by atoms with Gasteiger partial charge in [0.2, 0.25) is 15.9 Å². The Morgan fingerprint density at radius 3 is 2.20 bits per heavy atom. The van der Waals surface area contributed by atoms with Gasteiger partial charge < -0.3 is 10.2 Å². The first-order chi connectivity index (χ1) is 14.2. The van der Waals surface area contributed by atoms with Gasteiger partial charge in [-0.15, -0.1) is 0 Å². The van der Waals surface area contributed by atoms with Gasteiger partial charge in [-0.05, 0) is 29.8 Å². The van der Waals surface area contributed by atoms with E-state index < -0.39 is 10.0 Å². The van der Waals surface area contributed by atoms with Gasteiger partial charge in [0.05, 0.1) is 11.9 Å². The van der Waals surface area contributed by atoms with Crippen LogP contribution in [0.25, 0.3) is 0 Å². The van der Waals surface area contributed by atoms with Crippen LogP contribution in [0.4, 0.5) is 5.69 Å². The number of hydrogen-bond donors (Lipinski definition) is 1. The molecule has 1 N–H and O–H groups in total. The number of rotatable bonds is 10. The standard InChI is InChI=1S/C21H27N3O4S2/c1-23(2)21(26)18-9-11-19(12-10-18)24(30(3,27)28)15-20(25)22-13-14-29-16-17-7-5-4-6-8-17/h4-12H,13-16H2,1-3H3,(H,22,25). The van der Waals surface area contributed by atoms with E-state index in [4.69, 9.17) is 0 Å². The number of nitrogens with zero attached hydrogens (tertiary/aromatic N) is 2. The van der Waals surface area contributed by atoms with Crippen LogP contribution in [0.15, 0.2) is 54.6 Å². The summed E-state index contributed by atoms with van der Waals surface area (Å²) in [6.45, 7) is 0.132. The first kappa shape index (κ1) is 23.8. The summed E-state index contributed by atoms with van der Waals surface area (Å²) in [4.78, 5) is 25.7. The Morgan fingerprint density at radius 2 is 1.63 bits per heavy atom. The van der Waals surface area contributed by atoms with Crippen LogP contribution in [0.2, 0.25) is 0 Å². The lowest BCUT2D eigenvalue weighted by Crippen LogP contribution is -2.41. The number of anilines is 1. The summed E-state index contributed by atoms with van der Waals surface area (Å²) in [7, 11) is -0.381. The molecule has 0 unspecified atom stereocenters. The fourth-order valence-corrected chi connectivity index (χ4v) is 4.32. The van der Waals surface area contributed by atoms with Gasteiger partial charge in [0.15, 0.2) is 0 Å². The Morgan fingerprint density at radius 1 is 1.00 bits per heavy atom. The number of amides is 2. The fraction of sp³-hybridized carbons (Fsp3) is 0.333. The van der Waals surface area contributed by atoms with Crippen LogP contribution >= 0.6 is 11.8 Å². The minimum Gasteiger partial charge on any atom is -0.354 e. The van der Waals surface area contributed by atoms with Gasteiger partial charge in [-0.3, -0.25) is 13.9 Å². The van der Waals surface area contributed by atoms with E-state index in [9.17, 15) is 18.0 Å². The van der Waals surface area contributed by atoms with E-state index in [1.54, 1.807) is 38.0 Å². The highest BCUT2D eigenvalue weighted by Crippen LogP contribution is 2.19. The molecule has 7 nitrogen and oxygen atoms in total. The van der Waals surface area contributed by atoms with Crippen molar-refractivity contribution >= 4 is 39.3 Å². The van der Waals surface area contributed by atoms with Gasteiger partial charge in [0.1, 0.15) is 6.54 Å². The molecule has 0 fully saturated rings. The maximum Gasteiger partial charge on any atom is 0.253 e. The van der Waals surface area contributed by atoms with E-state index in [1.807, 2.05) is 30.3 Å². The van der Waals surface area contributed by atoms with E-state index in [1.165, 1.54) is 22.6 Å². The van der Waals surface area contributed by atoms with Crippen LogP contribution in [0.3, 0.4) is 0 Å². The first-order valence-corrected chi connectivity index (χ1v) is 12.4. The number of nitrogens with one attached hydrogen (secondary N) is 1. The number of carbonyl (C=O) groups is 2. The van der Waals surface area contributed by atoms with Crippen LogP contribution in [-0.4, -0.2) is 64.3 Å². The second-order valence-corrected chi connectivity index (χ2v) is 9.92. The van der Waals surface area contributed by atoms with Crippen molar-refractivity contribution in [2.45, 2.75) is 5.75 Å². The third kappa shape index (κ3) is 7.38. The molecule has 0 aliphatic heterocycles. The van der Waals surface area contributed by atoms with Crippen molar-refractivity contribution in [2.75, 3.05) is 43.5 Å². The summed E-state index contributed by atoms with van der Waals surface area (Å²) in [6, 6.07) is 16.2. The minimum absolute atomic E-state index is 0.182. The second-order valence-electron chi connectivity index (χ2n) is 6.90. The van der Waals surface area contributed by atoms with E-state index in [-0.39, 0.29) is 18.4 Å². The van der Waals surface area contributed by atoms with Crippen LogP contribution in [0, 0.1) is 0 Å². The number of carbonyl (C=O) groups excluding carboxylic acids is 2. The minimum atomic E-state index is -3.66. The summed E-state index contributed by atoms with van der Waals surface area (Å²) in [5, 5.41) is 2.76. The van der Waals surface area contributed by atoms with Crippen LogP contribution in [-0.2, 0) is 20.6 Å². The van der Waals surface area contributed by atoms with Crippen molar-refractivity contribution in [1.29, 1.82) is 0 Å². The molecule has 0 atom stereocenters. The molecule has 0 radical (unpaired) electrons. The molecule has 2 rings (SSSR count). The van der Waals surface area contributed by atoms with E-state index >= 15 is 0 Å². The summed E-state index contributed by atoms with van der Waals surface area (Å²) in [5.74, 6) is 1.01. The molecule has 0 aromatic heterocycles. The molecule has 0 heterocycles. The molecular weight excluding hydrogens is 422 g/mol. The number of thioether (sulfide) groups is 1. The highest BCUT2D eigenvalue weighted by atomic mass is 32.2.